The van der Waals surface area contributed by atoms with E-state index in [1.165, 1.54) is 22.8 Å². The predicted molar refractivity (Wildman–Crippen MR) is 34.7 cm³/mol. The van der Waals surface area contributed by atoms with E-state index in [4.69, 9.17) is 0 Å². The molecule has 1 amide bonds. The van der Waals surface area contributed by atoms with E-state index in [0.717, 1.165) is 0 Å². The first kappa shape index (κ1) is 5.72. The van der Waals surface area contributed by atoms with Crippen molar-refractivity contribution in [2.24, 2.45) is 0 Å². The number of carbonyl (C=O) groups excluding carboxylic acids is 1. The minimum Gasteiger partial charge on any atom is -0.327 e. The van der Waals surface area contributed by atoms with Gasteiger partial charge in [0.1, 0.15) is 6.33 Å². The van der Waals surface area contributed by atoms with Gasteiger partial charge in [0.05, 0.1) is 5.88 Å². The lowest BCUT2D eigenvalue weighted by Gasteiger charge is -2.10. The Hall–Kier alpha value is -1.04. The first-order valence-corrected chi connectivity index (χ1v) is 3.67. The van der Waals surface area contributed by atoms with Crippen LogP contribution in [0, 0.1) is 0 Å². The molecular formula is C4H4N4OS. The van der Waals surface area contributed by atoms with Gasteiger partial charge in [-0.15, -0.1) is 5.10 Å². The third kappa shape index (κ3) is 0.688. The Morgan fingerprint density at radius 1 is 1.80 bits per heavy atom. The number of nitrogens with one attached hydrogen (secondary N) is 1. The highest BCUT2D eigenvalue weighted by atomic mass is 32.2. The predicted octanol–water partition coefficient (Wildman–Crippen LogP) is -0.101. The van der Waals surface area contributed by atoms with E-state index in [1.54, 1.807) is 0 Å². The summed E-state index contributed by atoms with van der Waals surface area (Å²) in [6.45, 7) is 0. The smallest absolute Gasteiger partial charge is 0.327 e. The average Bonchev–Trinajstić information content (AvgIpc) is 2.36. The maximum absolute atomic E-state index is 10.9. The van der Waals surface area contributed by atoms with E-state index >= 15 is 0 Å². The van der Waals surface area contributed by atoms with Gasteiger partial charge in [0.25, 0.3) is 0 Å². The molecule has 0 bridgehead atoms. The molecule has 6 heteroatoms. The molecule has 0 aromatic carbocycles. The number of amides is 1. The van der Waals surface area contributed by atoms with Gasteiger partial charge in [-0.25, -0.2) is 9.78 Å². The third-order valence-electron chi connectivity index (χ3n) is 1.13. The second kappa shape index (κ2) is 1.98. The van der Waals surface area contributed by atoms with Crippen LogP contribution < -0.4 is 5.32 Å². The number of hydrogen-bond donors (Lipinski definition) is 1. The standard InChI is InChI=1S/C4H4N4OS/c9-3-6-2-10-4-5-1-7-8(3)4/h1H,2H2,(H,6,9). The van der Waals surface area contributed by atoms with Crippen LogP contribution in [0.2, 0.25) is 0 Å². The summed E-state index contributed by atoms with van der Waals surface area (Å²) in [7, 11) is 0. The van der Waals surface area contributed by atoms with Crippen LogP contribution >= 0.6 is 11.8 Å². The van der Waals surface area contributed by atoms with E-state index in [9.17, 15) is 4.79 Å². The zero-order chi connectivity index (χ0) is 6.97. The molecule has 0 radical (unpaired) electrons. The molecule has 0 aliphatic carbocycles. The Kier molecular flexibility index (Phi) is 1.13. The molecule has 10 heavy (non-hydrogen) atoms. The van der Waals surface area contributed by atoms with E-state index in [-0.39, 0.29) is 6.03 Å². The molecule has 1 aliphatic rings. The Labute approximate surface area is 60.8 Å². The van der Waals surface area contributed by atoms with Crippen molar-refractivity contribution in [2.75, 3.05) is 5.88 Å². The Morgan fingerprint density at radius 3 is 3.50 bits per heavy atom. The first-order valence-electron chi connectivity index (χ1n) is 2.69. The van der Waals surface area contributed by atoms with Crippen molar-refractivity contribution in [3.8, 4) is 0 Å². The summed E-state index contributed by atoms with van der Waals surface area (Å²) in [6, 6.07) is -0.203. The zero-order valence-corrected chi connectivity index (χ0v) is 5.76. The minimum absolute atomic E-state index is 0.203. The lowest BCUT2D eigenvalue weighted by atomic mass is 10.9. The number of thioether (sulfide) groups is 1. The number of aromatic nitrogens is 3. The van der Waals surface area contributed by atoms with Crippen molar-refractivity contribution in [1.29, 1.82) is 0 Å². The molecule has 1 aromatic heterocycles. The molecule has 52 valence electrons. The summed E-state index contributed by atoms with van der Waals surface area (Å²) >= 11 is 1.46. The molecule has 0 saturated carbocycles. The van der Waals surface area contributed by atoms with Crippen molar-refractivity contribution < 1.29 is 4.79 Å². The van der Waals surface area contributed by atoms with Crippen LogP contribution in [-0.4, -0.2) is 26.7 Å². The molecular weight excluding hydrogens is 152 g/mol. The van der Waals surface area contributed by atoms with Gasteiger partial charge in [-0.1, -0.05) is 11.8 Å². The molecule has 2 rings (SSSR count). The fraction of sp³-hybridized carbons (Fsp3) is 0.250. The number of rotatable bonds is 0. The van der Waals surface area contributed by atoms with Gasteiger partial charge in [-0.3, -0.25) is 0 Å². The van der Waals surface area contributed by atoms with Crippen molar-refractivity contribution in [2.45, 2.75) is 5.16 Å². The fourth-order valence-corrected chi connectivity index (χ4v) is 1.40. The molecule has 0 atom stereocenters. The van der Waals surface area contributed by atoms with Crippen LogP contribution in [0.25, 0.3) is 0 Å². The molecule has 0 unspecified atom stereocenters. The summed E-state index contributed by atoms with van der Waals surface area (Å²) < 4.78 is 1.24. The van der Waals surface area contributed by atoms with Gasteiger partial charge >= 0.3 is 6.03 Å². The minimum atomic E-state index is -0.203. The highest BCUT2D eigenvalue weighted by molar-refractivity contribution is 7.99. The van der Waals surface area contributed by atoms with Gasteiger partial charge < -0.3 is 5.32 Å². The van der Waals surface area contributed by atoms with Crippen molar-refractivity contribution in [3.63, 3.8) is 0 Å². The Morgan fingerprint density at radius 2 is 2.70 bits per heavy atom. The molecule has 2 heterocycles. The van der Waals surface area contributed by atoms with Gasteiger partial charge in [0.2, 0.25) is 0 Å². The highest BCUT2D eigenvalue weighted by Gasteiger charge is 2.16. The fourth-order valence-electron chi connectivity index (χ4n) is 0.706. The van der Waals surface area contributed by atoms with Gasteiger partial charge in [-0.05, 0) is 0 Å². The van der Waals surface area contributed by atoms with E-state index in [0.29, 0.717) is 11.0 Å². The quantitative estimate of drug-likeness (QED) is 0.569. The maximum Gasteiger partial charge on any atom is 0.345 e. The summed E-state index contributed by atoms with van der Waals surface area (Å²) in [5.41, 5.74) is 0. The normalized spacial score (nSPS) is 16.2. The van der Waals surface area contributed by atoms with E-state index in [1.807, 2.05) is 0 Å². The molecule has 5 nitrogen and oxygen atoms in total. The van der Waals surface area contributed by atoms with Crippen molar-refractivity contribution in [1.82, 2.24) is 20.1 Å². The van der Waals surface area contributed by atoms with Crippen LogP contribution in [0.5, 0.6) is 0 Å². The summed E-state index contributed by atoms with van der Waals surface area (Å²) in [4.78, 5) is 14.7. The zero-order valence-electron chi connectivity index (χ0n) is 4.94. The molecule has 0 fully saturated rings. The Balaban J connectivity index is 2.50. The van der Waals surface area contributed by atoms with Gasteiger partial charge in [0, 0.05) is 0 Å². The van der Waals surface area contributed by atoms with Crippen LogP contribution in [-0.2, 0) is 0 Å². The van der Waals surface area contributed by atoms with Gasteiger partial charge in [-0.2, -0.15) is 4.68 Å². The van der Waals surface area contributed by atoms with E-state index < -0.39 is 0 Å². The second-order valence-corrected chi connectivity index (χ2v) is 2.67. The molecule has 1 aliphatic heterocycles. The average molecular weight is 156 g/mol. The number of hydrogen-bond acceptors (Lipinski definition) is 4. The van der Waals surface area contributed by atoms with E-state index in [2.05, 4.69) is 15.4 Å². The topological polar surface area (TPSA) is 59.8 Å². The monoisotopic (exact) mass is 156 g/mol. The summed E-state index contributed by atoms with van der Waals surface area (Å²) in [5.74, 6) is 0.581. The molecule has 0 spiro atoms. The van der Waals surface area contributed by atoms with Gasteiger partial charge in [0.15, 0.2) is 5.16 Å². The Bertz CT molecular complexity index is 270. The van der Waals surface area contributed by atoms with Crippen LogP contribution in [0.15, 0.2) is 11.5 Å². The number of nitrogens with zero attached hydrogens (tertiary/aromatic N) is 3. The summed E-state index contributed by atoms with van der Waals surface area (Å²) in [5, 5.41) is 6.98. The highest BCUT2D eigenvalue weighted by Crippen LogP contribution is 2.15. The second-order valence-electron chi connectivity index (χ2n) is 1.73. The van der Waals surface area contributed by atoms with Crippen molar-refractivity contribution in [3.05, 3.63) is 6.33 Å². The summed E-state index contributed by atoms with van der Waals surface area (Å²) in [6.07, 6.45) is 1.37. The largest absolute Gasteiger partial charge is 0.345 e. The maximum atomic E-state index is 10.9. The molecule has 1 N–H and O–H groups in total. The number of fused-ring (bicyclic) bond motifs is 1. The molecule has 1 aromatic rings. The van der Waals surface area contributed by atoms with Crippen LogP contribution in [0.1, 0.15) is 0 Å². The lowest BCUT2D eigenvalue weighted by molar-refractivity contribution is 0.238. The van der Waals surface area contributed by atoms with Crippen LogP contribution in [0.3, 0.4) is 0 Å². The third-order valence-corrected chi connectivity index (χ3v) is 1.96. The number of carbonyl (C=O) groups is 1. The first-order chi connectivity index (χ1) is 4.88. The SMILES string of the molecule is O=C1NCSc2ncnn21. The lowest BCUT2D eigenvalue weighted by Crippen LogP contribution is -2.33. The van der Waals surface area contributed by atoms with Crippen molar-refractivity contribution >= 4 is 17.8 Å². The molecule has 0 saturated heterocycles. The van der Waals surface area contributed by atoms with Crippen LogP contribution in [0.4, 0.5) is 4.79 Å².